The molecular weight excluding hydrogens is 387 g/mol. The van der Waals surface area contributed by atoms with Gasteiger partial charge >= 0.3 is 0 Å². The molecule has 2 aromatic carbocycles. The monoisotopic (exact) mass is 398 g/mol. The summed E-state index contributed by atoms with van der Waals surface area (Å²) in [7, 11) is 1.66. The fourth-order valence-corrected chi connectivity index (χ4v) is 2.74. The highest BCUT2D eigenvalue weighted by molar-refractivity contribution is 14.1. The van der Waals surface area contributed by atoms with Gasteiger partial charge in [0.2, 0.25) is 0 Å². The van der Waals surface area contributed by atoms with Crippen LogP contribution in [-0.2, 0) is 5.88 Å². The van der Waals surface area contributed by atoms with Crippen molar-refractivity contribution in [2.75, 3.05) is 7.11 Å². The van der Waals surface area contributed by atoms with Gasteiger partial charge in [-0.1, -0.05) is 0 Å². The highest BCUT2D eigenvalue weighted by Crippen LogP contribution is 2.26. The van der Waals surface area contributed by atoms with Crippen LogP contribution >= 0.6 is 34.2 Å². The zero-order valence-electron chi connectivity index (χ0n) is 10.8. The van der Waals surface area contributed by atoms with Crippen LogP contribution in [0.2, 0.25) is 0 Å². The minimum atomic E-state index is 0.364. The van der Waals surface area contributed by atoms with E-state index in [9.17, 15) is 0 Å². The summed E-state index contributed by atoms with van der Waals surface area (Å²) in [5.74, 6) is 2.00. The third-order valence-corrected chi connectivity index (χ3v) is 4.09. The Labute approximate surface area is 135 Å². The normalized spacial score (nSPS) is 10.9. The van der Waals surface area contributed by atoms with Crippen LogP contribution in [-0.4, -0.2) is 16.7 Å². The molecule has 0 aliphatic rings. The number of hydrogen-bond acceptors (Lipinski definition) is 2. The number of hydrogen-bond donors (Lipinski definition) is 0. The number of ether oxygens (including phenoxy) is 1. The number of benzene rings is 2. The van der Waals surface area contributed by atoms with Crippen molar-refractivity contribution in [3.05, 3.63) is 51.9 Å². The Morgan fingerprint density at radius 1 is 1.20 bits per heavy atom. The van der Waals surface area contributed by atoms with Gasteiger partial charge in [0, 0.05) is 15.3 Å². The first kappa shape index (κ1) is 13.7. The Morgan fingerprint density at radius 2 is 1.95 bits per heavy atom. The molecule has 3 aromatic rings. The lowest BCUT2D eigenvalue weighted by Crippen LogP contribution is -1.99. The molecule has 0 aliphatic heterocycles. The summed E-state index contributed by atoms with van der Waals surface area (Å²) in [5, 5.41) is 0. The van der Waals surface area contributed by atoms with Gasteiger partial charge < -0.3 is 4.74 Å². The zero-order valence-corrected chi connectivity index (χ0v) is 13.7. The highest BCUT2D eigenvalue weighted by Gasteiger charge is 2.12. The van der Waals surface area contributed by atoms with Gasteiger partial charge in [0.1, 0.15) is 11.6 Å². The van der Waals surface area contributed by atoms with Gasteiger partial charge in [-0.15, -0.1) is 11.6 Å². The average molecular weight is 399 g/mol. The van der Waals surface area contributed by atoms with Gasteiger partial charge in [-0.05, 0) is 59.0 Å². The van der Waals surface area contributed by atoms with Crippen molar-refractivity contribution in [2.45, 2.75) is 5.88 Å². The molecule has 0 radical (unpaired) electrons. The molecule has 0 spiro atoms. The second-order valence-electron chi connectivity index (χ2n) is 4.33. The fourth-order valence-electron chi connectivity index (χ4n) is 2.20. The van der Waals surface area contributed by atoms with Gasteiger partial charge in [0.15, 0.2) is 0 Å². The summed E-state index contributed by atoms with van der Waals surface area (Å²) in [6.45, 7) is 0. The molecular formula is C15H12ClIN2O. The first-order valence-corrected chi connectivity index (χ1v) is 7.71. The summed E-state index contributed by atoms with van der Waals surface area (Å²) >= 11 is 8.33. The van der Waals surface area contributed by atoms with Crippen LogP contribution in [0, 0.1) is 3.57 Å². The fraction of sp³-hybridized carbons (Fsp3) is 0.133. The van der Waals surface area contributed by atoms with E-state index in [4.69, 9.17) is 16.3 Å². The van der Waals surface area contributed by atoms with Crippen molar-refractivity contribution in [1.82, 2.24) is 9.55 Å². The molecule has 0 saturated carbocycles. The molecule has 102 valence electrons. The third kappa shape index (κ3) is 2.38. The molecule has 0 fully saturated rings. The number of aromatic nitrogens is 2. The van der Waals surface area contributed by atoms with Crippen molar-refractivity contribution in [3.63, 3.8) is 0 Å². The predicted octanol–water partition coefficient (Wildman–Crippen LogP) is 4.38. The van der Waals surface area contributed by atoms with E-state index >= 15 is 0 Å². The average Bonchev–Trinajstić information content (AvgIpc) is 2.85. The molecule has 3 rings (SSSR count). The molecule has 0 N–H and O–H groups in total. The van der Waals surface area contributed by atoms with E-state index in [1.807, 2.05) is 18.2 Å². The van der Waals surface area contributed by atoms with E-state index in [-0.39, 0.29) is 0 Å². The molecule has 0 atom stereocenters. The summed E-state index contributed by atoms with van der Waals surface area (Å²) in [4.78, 5) is 4.58. The molecule has 1 aromatic heterocycles. The van der Waals surface area contributed by atoms with Crippen LogP contribution in [0.1, 0.15) is 5.82 Å². The summed E-state index contributed by atoms with van der Waals surface area (Å²) in [6.07, 6.45) is 0. The highest BCUT2D eigenvalue weighted by atomic mass is 127. The van der Waals surface area contributed by atoms with Gasteiger partial charge in [-0.2, -0.15) is 0 Å². The van der Waals surface area contributed by atoms with Crippen molar-refractivity contribution < 1.29 is 4.74 Å². The maximum Gasteiger partial charge on any atom is 0.129 e. The molecule has 0 amide bonds. The minimum absolute atomic E-state index is 0.364. The van der Waals surface area contributed by atoms with Crippen molar-refractivity contribution in [3.8, 4) is 11.4 Å². The number of halogens is 2. The molecule has 20 heavy (non-hydrogen) atoms. The smallest absolute Gasteiger partial charge is 0.129 e. The van der Waals surface area contributed by atoms with Crippen LogP contribution < -0.4 is 4.74 Å². The van der Waals surface area contributed by atoms with E-state index in [0.29, 0.717) is 5.88 Å². The molecule has 5 heteroatoms. The lowest BCUT2D eigenvalue weighted by Gasteiger charge is -2.08. The maximum absolute atomic E-state index is 6.04. The number of imidazole rings is 1. The molecule has 0 aliphatic carbocycles. The van der Waals surface area contributed by atoms with Crippen LogP contribution in [0.3, 0.4) is 0 Å². The Morgan fingerprint density at radius 3 is 2.60 bits per heavy atom. The van der Waals surface area contributed by atoms with E-state index in [1.54, 1.807) is 7.11 Å². The number of alkyl halides is 1. The predicted molar refractivity (Wildman–Crippen MR) is 89.9 cm³/mol. The van der Waals surface area contributed by atoms with Crippen LogP contribution in [0.5, 0.6) is 5.75 Å². The van der Waals surface area contributed by atoms with Crippen molar-refractivity contribution >= 4 is 45.2 Å². The van der Waals surface area contributed by atoms with Gasteiger partial charge in [0.05, 0.1) is 24.0 Å². The van der Waals surface area contributed by atoms with Gasteiger partial charge in [-0.25, -0.2) is 4.98 Å². The molecule has 3 nitrogen and oxygen atoms in total. The van der Waals surface area contributed by atoms with E-state index in [0.717, 1.165) is 28.3 Å². The minimum Gasteiger partial charge on any atom is -0.497 e. The SMILES string of the molecule is COc1ccc2nc(CCl)n(-c3ccc(I)cc3)c2c1. The molecule has 1 heterocycles. The topological polar surface area (TPSA) is 27.1 Å². The van der Waals surface area contributed by atoms with Gasteiger partial charge in [0.25, 0.3) is 0 Å². The number of fused-ring (bicyclic) bond motifs is 1. The van der Waals surface area contributed by atoms with Crippen LogP contribution in [0.25, 0.3) is 16.7 Å². The summed E-state index contributed by atoms with van der Waals surface area (Å²) in [5.41, 5.74) is 2.97. The molecule has 0 bridgehead atoms. The van der Waals surface area contributed by atoms with E-state index in [2.05, 4.69) is 56.4 Å². The Hall–Kier alpha value is -1.27. The Kier molecular flexibility index (Phi) is 3.85. The Balaban J connectivity index is 2.28. The number of nitrogens with zero attached hydrogens (tertiary/aromatic N) is 2. The second kappa shape index (κ2) is 5.61. The summed E-state index contributed by atoms with van der Waals surface area (Å²) in [6, 6.07) is 14.1. The lowest BCUT2D eigenvalue weighted by molar-refractivity contribution is 0.415. The van der Waals surface area contributed by atoms with Crippen LogP contribution in [0.4, 0.5) is 0 Å². The summed E-state index contributed by atoms with van der Waals surface area (Å²) < 4.78 is 8.57. The second-order valence-corrected chi connectivity index (χ2v) is 5.84. The standard InChI is InChI=1S/C15H12ClIN2O/c1-20-12-6-7-13-14(8-12)19(15(9-16)18-13)11-4-2-10(17)3-5-11/h2-8H,9H2,1H3. The molecule has 0 unspecified atom stereocenters. The Bertz CT molecular complexity index is 752. The van der Waals surface area contributed by atoms with E-state index in [1.165, 1.54) is 3.57 Å². The maximum atomic E-state index is 6.04. The van der Waals surface area contributed by atoms with Gasteiger partial charge in [-0.3, -0.25) is 4.57 Å². The molecule has 0 saturated heterocycles. The quantitative estimate of drug-likeness (QED) is 0.484. The van der Waals surface area contributed by atoms with Crippen molar-refractivity contribution in [1.29, 1.82) is 0 Å². The largest absolute Gasteiger partial charge is 0.497 e. The third-order valence-electron chi connectivity index (χ3n) is 3.14. The van der Waals surface area contributed by atoms with E-state index < -0.39 is 0 Å². The zero-order chi connectivity index (χ0) is 14.1. The van der Waals surface area contributed by atoms with Crippen molar-refractivity contribution in [2.24, 2.45) is 0 Å². The lowest BCUT2D eigenvalue weighted by atomic mass is 10.2. The first-order chi connectivity index (χ1) is 9.72. The number of rotatable bonds is 3. The number of methoxy groups -OCH3 is 1. The first-order valence-electron chi connectivity index (χ1n) is 6.10. The van der Waals surface area contributed by atoms with Crippen LogP contribution in [0.15, 0.2) is 42.5 Å².